The first-order valence-electron chi connectivity index (χ1n) is 26.5. The molecule has 0 aromatic rings. The highest BCUT2D eigenvalue weighted by Gasteiger charge is 2.20. The molecule has 0 rings (SSSR count). The van der Waals surface area contributed by atoms with E-state index in [4.69, 9.17) is 14.2 Å². The molecule has 0 fully saturated rings. The van der Waals surface area contributed by atoms with E-state index < -0.39 is 0 Å². The lowest BCUT2D eigenvalue weighted by molar-refractivity contribution is -0.148. The molecule has 0 saturated carbocycles. The lowest BCUT2D eigenvalue weighted by atomic mass is 9.95. The SMILES string of the molecule is CCCCCCC(CCCCCC)COC(=O)CCCCCCCCOC(=O)C(CCN(C)C)CSCCCCCCCCC(=O)OCC(CCCCCC)CCCCCC. The second-order valence-corrected chi connectivity index (χ2v) is 19.9. The molecule has 1 unspecified atom stereocenters. The molecule has 0 aromatic carbocycles. The quantitative estimate of drug-likeness (QED) is 0.0340. The summed E-state index contributed by atoms with van der Waals surface area (Å²) in [5.41, 5.74) is 0. The minimum Gasteiger partial charge on any atom is -0.465 e. The molecule has 61 heavy (non-hydrogen) atoms. The van der Waals surface area contributed by atoms with Gasteiger partial charge in [-0.1, -0.05) is 182 Å². The van der Waals surface area contributed by atoms with Gasteiger partial charge in [0.2, 0.25) is 0 Å². The Balaban J connectivity index is 4.10. The molecular weight excluding hydrogens is 779 g/mol. The summed E-state index contributed by atoms with van der Waals surface area (Å²) >= 11 is 1.89. The molecule has 0 spiro atoms. The third kappa shape index (κ3) is 42.4. The van der Waals surface area contributed by atoms with Crippen LogP contribution in [0.25, 0.3) is 0 Å². The Bertz CT molecular complexity index is 939. The summed E-state index contributed by atoms with van der Waals surface area (Å²) in [5, 5.41) is 0. The number of carbonyl (C=O) groups excluding carboxylic acids is 3. The number of thioether (sulfide) groups is 1. The molecule has 0 aliphatic rings. The van der Waals surface area contributed by atoms with E-state index in [-0.39, 0.29) is 23.8 Å². The van der Waals surface area contributed by atoms with Gasteiger partial charge in [-0.15, -0.1) is 0 Å². The van der Waals surface area contributed by atoms with Gasteiger partial charge in [-0.3, -0.25) is 14.4 Å². The van der Waals surface area contributed by atoms with Gasteiger partial charge in [0.25, 0.3) is 0 Å². The molecule has 362 valence electrons. The van der Waals surface area contributed by atoms with Crippen LogP contribution in [0.3, 0.4) is 0 Å². The monoisotopic (exact) mass is 882 g/mol. The number of unbranched alkanes of at least 4 members (excludes halogenated alkanes) is 22. The Morgan fingerprint density at radius 3 is 1.23 bits per heavy atom. The largest absolute Gasteiger partial charge is 0.465 e. The first-order valence-corrected chi connectivity index (χ1v) is 27.6. The standard InChI is InChI=1S/C53H103NO6S/c1-7-11-15-27-35-48(36-28-16-12-8-2)45-59-51(55)39-31-23-19-21-25-33-43-58-53(57)50(41-42-54(5)6)47-61-44-34-26-22-20-24-32-40-52(56)60-46-49(37-29-17-13-9-3)38-30-18-14-10-4/h48-50H,7-47H2,1-6H3. The molecule has 0 amide bonds. The third-order valence-corrected chi connectivity index (χ3v) is 13.6. The van der Waals surface area contributed by atoms with Crippen LogP contribution in [0.4, 0.5) is 0 Å². The summed E-state index contributed by atoms with van der Waals surface area (Å²) < 4.78 is 17.3. The fraction of sp³-hybridized carbons (Fsp3) is 0.943. The maximum atomic E-state index is 13.0. The average molecular weight is 882 g/mol. The summed E-state index contributed by atoms with van der Waals surface area (Å²) in [6.45, 7) is 11.6. The van der Waals surface area contributed by atoms with E-state index in [2.05, 4.69) is 46.7 Å². The van der Waals surface area contributed by atoms with Crippen LogP contribution < -0.4 is 0 Å². The minimum absolute atomic E-state index is 0.00668. The lowest BCUT2D eigenvalue weighted by Crippen LogP contribution is -2.25. The summed E-state index contributed by atoms with van der Waals surface area (Å²) in [5.74, 6) is 2.84. The molecular formula is C53H103NO6S. The van der Waals surface area contributed by atoms with Gasteiger partial charge in [-0.25, -0.2) is 0 Å². The fourth-order valence-electron chi connectivity index (χ4n) is 8.09. The van der Waals surface area contributed by atoms with Crippen molar-refractivity contribution in [2.75, 3.05) is 52.0 Å². The minimum atomic E-state index is -0.0540. The van der Waals surface area contributed by atoms with Crippen molar-refractivity contribution in [3.8, 4) is 0 Å². The molecule has 0 aromatic heterocycles. The van der Waals surface area contributed by atoms with Crippen LogP contribution in [0.5, 0.6) is 0 Å². The second-order valence-electron chi connectivity index (χ2n) is 18.8. The van der Waals surface area contributed by atoms with Crippen LogP contribution in [0.2, 0.25) is 0 Å². The van der Waals surface area contributed by atoms with Gasteiger partial charge in [0.05, 0.1) is 25.7 Å². The maximum absolute atomic E-state index is 13.0. The van der Waals surface area contributed by atoms with E-state index in [1.807, 2.05) is 11.8 Å². The van der Waals surface area contributed by atoms with Gasteiger partial charge in [-0.2, -0.15) is 11.8 Å². The van der Waals surface area contributed by atoms with Crippen molar-refractivity contribution in [2.24, 2.45) is 17.8 Å². The van der Waals surface area contributed by atoms with Crippen molar-refractivity contribution in [3.05, 3.63) is 0 Å². The molecule has 1 atom stereocenters. The van der Waals surface area contributed by atoms with E-state index in [9.17, 15) is 14.4 Å². The Labute approximate surface area is 383 Å². The number of hydrogen-bond acceptors (Lipinski definition) is 8. The summed E-state index contributed by atoms with van der Waals surface area (Å²) in [6, 6.07) is 0. The first kappa shape index (κ1) is 59.7. The lowest BCUT2D eigenvalue weighted by Gasteiger charge is -2.18. The predicted molar refractivity (Wildman–Crippen MR) is 264 cm³/mol. The van der Waals surface area contributed by atoms with Crippen LogP contribution in [-0.2, 0) is 28.6 Å². The Hall–Kier alpha value is -1.28. The molecule has 0 aliphatic heterocycles. The van der Waals surface area contributed by atoms with Gasteiger partial charge in [0, 0.05) is 18.6 Å². The molecule has 0 radical (unpaired) electrons. The molecule has 8 heteroatoms. The summed E-state index contributed by atoms with van der Waals surface area (Å²) in [6.07, 6.45) is 40.0. The van der Waals surface area contributed by atoms with E-state index in [0.29, 0.717) is 44.5 Å². The number of hydrogen-bond donors (Lipinski definition) is 0. The first-order chi connectivity index (χ1) is 29.8. The van der Waals surface area contributed by atoms with E-state index >= 15 is 0 Å². The molecule has 7 nitrogen and oxygen atoms in total. The van der Waals surface area contributed by atoms with Crippen LogP contribution in [0, 0.1) is 17.8 Å². The molecule has 0 bridgehead atoms. The van der Waals surface area contributed by atoms with Crippen LogP contribution >= 0.6 is 11.8 Å². The zero-order valence-corrected chi connectivity index (χ0v) is 42.3. The normalized spacial score (nSPS) is 12.1. The van der Waals surface area contributed by atoms with Crippen molar-refractivity contribution in [1.82, 2.24) is 4.90 Å². The van der Waals surface area contributed by atoms with Crippen LogP contribution in [0.15, 0.2) is 0 Å². The average Bonchev–Trinajstić information content (AvgIpc) is 3.25. The maximum Gasteiger partial charge on any atom is 0.309 e. The number of carbonyl (C=O) groups is 3. The van der Waals surface area contributed by atoms with Crippen molar-refractivity contribution < 1.29 is 28.6 Å². The fourth-order valence-corrected chi connectivity index (χ4v) is 9.25. The van der Waals surface area contributed by atoms with Gasteiger partial charge in [0.1, 0.15) is 0 Å². The van der Waals surface area contributed by atoms with Crippen molar-refractivity contribution in [1.29, 1.82) is 0 Å². The van der Waals surface area contributed by atoms with E-state index in [1.54, 1.807) is 0 Å². The van der Waals surface area contributed by atoms with Gasteiger partial charge >= 0.3 is 17.9 Å². The highest BCUT2D eigenvalue weighted by Crippen LogP contribution is 2.22. The van der Waals surface area contributed by atoms with Gasteiger partial charge in [-0.05, 0) is 96.0 Å². The zero-order chi connectivity index (χ0) is 44.9. The Kier molecular flexibility index (Phi) is 45.7. The third-order valence-electron chi connectivity index (χ3n) is 12.3. The van der Waals surface area contributed by atoms with Crippen molar-refractivity contribution in [2.45, 2.75) is 252 Å². The van der Waals surface area contributed by atoms with Crippen LogP contribution in [-0.4, -0.2) is 74.8 Å². The van der Waals surface area contributed by atoms with E-state index in [0.717, 1.165) is 75.8 Å². The van der Waals surface area contributed by atoms with Crippen molar-refractivity contribution >= 4 is 29.7 Å². The van der Waals surface area contributed by atoms with Gasteiger partial charge in [0.15, 0.2) is 0 Å². The number of esters is 3. The zero-order valence-electron chi connectivity index (χ0n) is 41.5. The van der Waals surface area contributed by atoms with Gasteiger partial charge < -0.3 is 19.1 Å². The van der Waals surface area contributed by atoms with Crippen molar-refractivity contribution in [3.63, 3.8) is 0 Å². The highest BCUT2D eigenvalue weighted by molar-refractivity contribution is 7.99. The molecule has 0 aliphatic carbocycles. The Morgan fingerprint density at radius 1 is 0.443 bits per heavy atom. The molecule has 0 N–H and O–H groups in total. The molecule has 0 heterocycles. The highest BCUT2D eigenvalue weighted by atomic mass is 32.2. The summed E-state index contributed by atoms with van der Waals surface area (Å²) in [4.78, 5) is 40.1. The smallest absolute Gasteiger partial charge is 0.309 e. The topological polar surface area (TPSA) is 82.1 Å². The number of nitrogens with zero attached hydrogens (tertiary/aromatic N) is 1. The second kappa shape index (κ2) is 46.7. The number of rotatable bonds is 48. The Morgan fingerprint density at radius 2 is 0.820 bits per heavy atom. The van der Waals surface area contributed by atoms with E-state index in [1.165, 1.54) is 154 Å². The van der Waals surface area contributed by atoms with Crippen LogP contribution in [0.1, 0.15) is 252 Å². The predicted octanol–water partition coefficient (Wildman–Crippen LogP) is 15.5. The number of ether oxygens (including phenoxy) is 3. The summed E-state index contributed by atoms with van der Waals surface area (Å²) in [7, 11) is 4.12. The molecule has 0 saturated heterocycles.